The zero-order valence-corrected chi connectivity index (χ0v) is 12.3. The average molecular weight is 340 g/mol. The van der Waals surface area contributed by atoms with Crippen LogP contribution in [-0.4, -0.2) is 30.3 Å². The molecular weight excluding hydrogens is 326 g/mol. The summed E-state index contributed by atoms with van der Waals surface area (Å²) in [4.78, 5) is 34.6. The van der Waals surface area contributed by atoms with E-state index in [1.165, 1.54) is 0 Å². The van der Waals surface area contributed by atoms with Gasteiger partial charge in [-0.3, -0.25) is 9.59 Å². The van der Waals surface area contributed by atoms with Crippen molar-refractivity contribution in [3.63, 3.8) is 0 Å². The van der Waals surface area contributed by atoms with Crippen LogP contribution in [0.5, 0.6) is 0 Å². The highest BCUT2D eigenvalue weighted by Gasteiger charge is 2.28. The maximum atomic E-state index is 11.8. The van der Waals surface area contributed by atoms with E-state index < -0.39 is 17.9 Å². The summed E-state index contributed by atoms with van der Waals surface area (Å²) in [5.41, 5.74) is 0.853. The lowest BCUT2D eigenvalue weighted by Crippen LogP contribution is -2.38. The number of Topliss-reactive ketones (excluding diaryl/α,β-unsaturated/α-hetero) is 1. The number of carbonyl (C=O) groups is 3. The Bertz CT molecular complexity index is 526. The van der Waals surface area contributed by atoms with E-state index in [1.807, 2.05) is 24.3 Å². The highest BCUT2D eigenvalue weighted by molar-refractivity contribution is 9.10. The van der Waals surface area contributed by atoms with E-state index in [1.54, 1.807) is 0 Å². The van der Waals surface area contributed by atoms with Crippen molar-refractivity contribution in [1.29, 1.82) is 0 Å². The van der Waals surface area contributed by atoms with Crippen LogP contribution in [0.1, 0.15) is 18.4 Å². The van der Waals surface area contributed by atoms with Crippen molar-refractivity contribution in [3.05, 3.63) is 34.3 Å². The van der Waals surface area contributed by atoms with Gasteiger partial charge in [-0.05, 0) is 17.7 Å². The Kier molecular flexibility index (Phi) is 4.89. The number of cyclic esters (lactones) is 1. The van der Waals surface area contributed by atoms with E-state index in [0.717, 1.165) is 10.0 Å². The number of hydrogen-bond donors (Lipinski definition) is 1. The molecule has 1 atom stereocenters. The average Bonchev–Trinajstić information content (AvgIpc) is 2.77. The topological polar surface area (TPSA) is 72.5 Å². The molecule has 0 spiro atoms. The number of ketones is 1. The van der Waals surface area contributed by atoms with E-state index in [2.05, 4.69) is 21.2 Å². The predicted octanol–water partition coefficient (Wildman–Crippen LogP) is 1.38. The molecule has 5 nitrogen and oxygen atoms in total. The molecule has 1 aliphatic rings. The van der Waals surface area contributed by atoms with Crippen LogP contribution >= 0.6 is 15.9 Å². The van der Waals surface area contributed by atoms with Gasteiger partial charge in [0.05, 0.1) is 13.0 Å². The molecule has 0 bridgehead atoms. The molecule has 106 valence electrons. The summed E-state index contributed by atoms with van der Waals surface area (Å²) in [7, 11) is 0. The van der Waals surface area contributed by atoms with Crippen LogP contribution < -0.4 is 5.32 Å². The molecule has 1 aromatic rings. The smallest absolute Gasteiger partial charge is 0.328 e. The molecule has 0 radical (unpaired) electrons. The fourth-order valence-corrected chi connectivity index (χ4v) is 2.21. The SMILES string of the molecule is O=C(CC(=O)NC1CCOC1=O)Cc1ccc(Br)cc1. The van der Waals surface area contributed by atoms with Crippen molar-refractivity contribution in [2.75, 3.05) is 6.61 Å². The Morgan fingerprint density at radius 2 is 2.00 bits per heavy atom. The number of rotatable bonds is 5. The lowest BCUT2D eigenvalue weighted by atomic mass is 10.1. The van der Waals surface area contributed by atoms with Gasteiger partial charge in [0.1, 0.15) is 11.8 Å². The molecule has 0 aliphatic carbocycles. The first kappa shape index (κ1) is 14.7. The Morgan fingerprint density at radius 3 is 2.60 bits per heavy atom. The summed E-state index contributed by atoms with van der Waals surface area (Å²) in [6, 6.07) is 6.74. The number of ether oxygens (including phenoxy) is 1. The number of carbonyl (C=O) groups excluding carboxylic acids is 3. The molecule has 20 heavy (non-hydrogen) atoms. The first-order valence-electron chi connectivity index (χ1n) is 6.27. The fraction of sp³-hybridized carbons (Fsp3) is 0.357. The molecule has 1 fully saturated rings. The van der Waals surface area contributed by atoms with Gasteiger partial charge in [-0.15, -0.1) is 0 Å². The van der Waals surface area contributed by atoms with Gasteiger partial charge < -0.3 is 10.1 Å². The summed E-state index contributed by atoms with van der Waals surface area (Å²) in [5, 5.41) is 2.51. The van der Waals surface area contributed by atoms with Crippen LogP contribution in [0.25, 0.3) is 0 Å². The fourth-order valence-electron chi connectivity index (χ4n) is 1.94. The summed E-state index contributed by atoms with van der Waals surface area (Å²) in [6.07, 6.45) is 0.446. The molecule has 1 unspecified atom stereocenters. The van der Waals surface area contributed by atoms with Gasteiger partial charge in [-0.1, -0.05) is 28.1 Å². The van der Waals surface area contributed by atoms with Gasteiger partial charge in [-0.2, -0.15) is 0 Å². The highest BCUT2D eigenvalue weighted by atomic mass is 79.9. The van der Waals surface area contributed by atoms with Crippen molar-refractivity contribution in [1.82, 2.24) is 5.32 Å². The van der Waals surface area contributed by atoms with E-state index in [0.29, 0.717) is 13.0 Å². The van der Waals surface area contributed by atoms with Gasteiger partial charge in [0, 0.05) is 17.3 Å². The Hall–Kier alpha value is -1.69. The third-order valence-corrected chi connectivity index (χ3v) is 3.47. The third-order valence-electron chi connectivity index (χ3n) is 2.94. The standard InChI is InChI=1S/C14H14BrNO4/c15-10-3-1-9(2-4-10)7-11(17)8-13(18)16-12-5-6-20-14(12)19/h1-4,12H,5-8H2,(H,16,18). The number of esters is 1. The second-order valence-corrected chi connectivity index (χ2v) is 5.51. The second-order valence-electron chi connectivity index (χ2n) is 4.59. The van der Waals surface area contributed by atoms with Crippen LogP contribution in [0.3, 0.4) is 0 Å². The zero-order valence-electron chi connectivity index (χ0n) is 10.7. The monoisotopic (exact) mass is 339 g/mol. The van der Waals surface area contributed by atoms with Gasteiger partial charge in [0.25, 0.3) is 0 Å². The van der Waals surface area contributed by atoms with Crippen molar-refractivity contribution in [2.45, 2.75) is 25.3 Å². The summed E-state index contributed by atoms with van der Waals surface area (Å²) in [5.74, 6) is -1.05. The minimum Gasteiger partial charge on any atom is -0.464 e. The highest BCUT2D eigenvalue weighted by Crippen LogP contribution is 2.11. The van der Waals surface area contributed by atoms with E-state index >= 15 is 0 Å². The van der Waals surface area contributed by atoms with Gasteiger partial charge in [0.2, 0.25) is 5.91 Å². The zero-order chi connectivity index (χ0) is 14.5. The Morgan fingerprint density at radius 1 is 1.30 bits per heavy atom. The minimum absolute atomic E-state index is 0.184. The van der Waals surface area contributed by atoms with Gasteiger partial charge >= 0.3 is 5.97 Å². The van der Waals surface area contributed by atoms with Crippen molar-refractivity contribution in [3.8, 4) is 0 Å². The lowest BCUT2D eigenvalue weighted by Gasteiger charge is -2.08. The van der Waals surface area contributed by atoms with Crippen molar-refractivity contribution in [2.24, 2.45) is 0 Å². The van der Waals surface area contributed by atoms with Crippen LogP contribution in [0.15, 0.2) is 28.7 Å². The molecule has 1 amide bonds. The van der Waals surface area contributed by atoms with Crippen LogP contribution in [-0.2, 0) is 25.5 Å². The second kappa shape index (κ2) is 6.65. The van der Waals surface area contributed by atoms with Gasteiger partial charge in [-0.25, -0.2) is 4.79 Å². The Labute approximate surface area is 124 Å². The van der Waals surface area contributed by atoms with Crippen LogP contribution in [0.2, 0.25) is 0 Å². The molecule has 1 heterocycles. The number of halogens is 1. The normalized spacial score (nSPS) is 17.6. The predicted molar refractivity (Wildman–Crippen MR) is 75.0 cm³/mol. The number of nitrogens with one attached hydrogen (secondary N) is 1. The first-order valence-corrected chi connectivity index (χ1v) is 7.06. The van der Waals surface area contributed by atoms with Crippen LogP contribution in [0, 0.1) is 0 Å². The Balaban J connectivity index is 1.80. The minimum atomic E-state index is -0.608. The molecular formula is C14H14BrNO4. The number of amides is 1. The quantitative estimate of drug-likeness (QED) is 0.649. The summed E-state index contributed by atoms with van der Waals surface area (Å²) < 4.78 is 5.67. The molecule has 1 saturated heterocycles. The molecule has 0 aromatic heterocycles. The maximum Gasteiger partial charge on any atom is 0.328 e. The lowest BCUT2D eigenvalue weighted by molar-refractivity contribution is -0.141. The number of hydrogen-bond acceptors (Lipinski definition) is 4. The molecule has 1 N–H and O–H groups in total. The number of benzene rings is 1. The summed E-state index contributed by atoms with van der Waals surface area (Å²) in [6.45, 7) is 0.316. The largest absolute Gasteiger partial charge is 0.464 e. The first-order chi connectivity index (χ1) is 9.54. The van der Waals surface area contributed by atoms with Crippen LogP contribution in [0.4, 0.5) is 0 Å². The molecule has 1 aliphatic heterocycles. The summed E-state index contributed by atoms with van der Waals surface area (Å²) >= 11 is 3.31. The molecule has 1 aromatic carbocycles. The maximum absolute atomic E-state index is 11.8. The van der Waals surface area contributed by atoms with E-state index in [9.17, 15) is 14.4 Å². The molecule has 6 heteroatoms. The van der Waals surface area contributed by atoms with E-state index in [-0.39, 0.29) is 18.6 Å². The van der Waals surface area contributed by atoms with Crippen molar-refractivity contribution < 1.29 is 19.1 Å². The molecule has 2 rings (SSSR count). The van der Waals surface area contributed by atoms with E-state index in [4.69, 9.17) is 4.74 Å². The third kappa shape index (κ3) is 4.16. The van der Waals surface area contributed by atoms with Gasteiger partial charge in [0.15, 0.2) is 0 Å². The molecule has 0 saturated carbocycles. The van der Waals surface area contributed by atoms with Crippen molar-refractivity contribution >= 4 is 33.6 Å².